The van der Waals surface area contributed by atoms with Crippen molar-refractivity contribution in [1.82, 2.24) is 20.2 Å². The molecule has 2 unspecified atom stereocenters. The molecule has 19 heavy (non-hydrogen) atoms. The van der Waals surface area contributed by atoms with Gasteiger partial charge in [0, 0.05) is 18.4 Å². The van der Waals surface area contributed by atoms with Crippen LogP contribution < -0.4 is 5.32 Å². The Bertz CT molecular complexity index is 393. The van der Waals surface area contributed by atoms with Crippen LogP contribution in [0.1, 0.15) is 50.0 Å². The van der Waals surface area contributed by atoms with E-state index in [1.165, 1.54) is 32.2 Å². The summed E-state index contributed by atoms with van der Waals surface area (Å²) in [5.41, 5.74) is 2.20. The van der Waals surface area contributed by atoms with Gasteiger partial charge >= 0.3 is 0 Å². The highest BCUT2D eigenvalue weighted by Gasteiger charge is 2.28. The molecule has 0 aliphatic carbocycles. The van der Waals surface area contributed by atoms with Gasteiger partial charge in [-0.05, 0) is 53.2 Å². The van der Waals surface area contributed by atoms with Gasteiger partial charge in [0.25, 0.3) is 0 Å². The standard InChI is InChI=1S/C15H26N4/c1-12-15(18-10-9-17-12)13(2)19-11-5-4-6-14(19)7-8-16-3/h9-10,13-14,16H,4-8,11H2,1-3H3. The highest BCUT2D eigenvalue weighted by molar-refractivity contribution is 5.13. The normalized spacial score (nSPS) is 22.4. The minimum Gasteiger partial charge on any atom is -0.320 e. The van der Waals surface area contributed by atoms with E-state index in [-0.39, 0.29) is 0 Å². The van der Waals surface area contributed by atoms with Crippen LogP contribution in [0.25, 0.3) is 0 Å². The number of hydrogen-bond donors (Lipinski definition) is 1. The Kier molecular flexibility index (Phi) is 5.28. The van der Waals surface area contributed by atoms with Crippen molar-refractivity contribution in [2.75, 3.05) is 20.1 Å². The molecule has 1 fully saturated rings. The molecule has 1 aliphatic heterocycles. The summed E-state index contributed by atoms with van der Waals surface area (Å²) in [4.78, 5) is 11.6. The summed E-state index contributed by atoms with van der Waals surface area (Å²) in [6, 6.07) is 1.05. The SMILES string of the molecule is CNCCC1CCCCN1C(C)c1nccnc1C. The molecule has 1 aromatic heterocycles. The van der Waals surface area contributed by atoms with Gasteiger partial charge in [0.1, 0.15) is 0 Å². The Labute approximate surface area is 116 Å². The second kappa shape index (κ2) is 6.96. The molecule has 2 rings (SSSR count). The zero-order valence-corrected chi connectivity index (χ0v) is 12.4. The number of nitrogens with zero attached hydrogens (tertiary/aromatic N) is 3. The Hall–Kier alpha value is -1.00. The highest BCUT2D eigenvalue weighted by atomic mass is 15.2. The van der Waals surface area contributed by atoms with Crippen LogP contribution >= 0.6 is 0 Å². The van der Waals surface area contributed by atoms with Crippen molar-refractivity contribution in [3.8, 4) is 0 Å². The largest absolute Gasteiger partial charge is 0.320 e. The van der Waals surface area contributed by atoms with E-state index in [2.05, 4.69) is 34.0 Å². The summed E-state index contributed by atoms with van der Waals surface area (Å²) in [6.07, 6.45) is 8.79. The van der Waals surface area contributed by atoms with Gasteiger partial charge in [0.15, 0.2) is 0 Å². The zero-order chi connectivity index (χ0) is 13.7. The lowest BCUT2D eigenvalue weighted by atomic mass is 9.96. The van der Waals surface area contributed by atoms with Crippen molar-refractivity contribution >= 4 is 0 Å². The summed E-state index contributed by atoms with van der Waals surface area (Å²) in [5.74, 6) is 0. The third-order valence-electron chi connectivity index (χ3n) is 4.21. The van der Waals surface area contributed by atoms with Gasteiger partial charge in [-0.15, -0.1) is 0 Å². The number of nitrogens with one attached hydrogen (secondary N) is 1. The quantitative estimate of drug-likeness (QED) is 0.884. The van der Waals surface area contributed by atoms with Crippen LogP contribution in [-0.2, 0) is 0 Å². The van der Waals surface area contributed by atoms with Gasteiger partial charge in [-0.1, -0.05) is 6.42 Å². The van der Waals surface area contributed by atoms with Crippen molar-refractivity contribution in [3.05, 3.63) is 23.8 Å². The van der Waals surface area contributed by atoms with Crippen LogP contribution in [-0.4, -0.2) is 41.0 Å². The molecule has 2 atom stereocenters. The van der Waals surface area contributed by atoms with Crippen molar-refractivity contribution in [1.29, 1.82) is 0 Å². The Morgan fingerprint density at radius 3 is 2.89 bits per heavy atom. The molecular weight excluding hydrogens is 236 g/mol. The van der Waals surface area contributed by atoms with Crippen LogP contribution in [0.15, 0.2) is 12.4 Å². The second-order valence-electron chi connectivity index (χ2n) is 5.48. The van der Waals surface area contributed by atoms with Crippen LogP contribution in [0.4, 0.5) is 0 Å². The summed E-state index contributed by atoms with van der Waals surface area (Å²) >= 11 is 0. The van der Waals surface area contributed by atoms with Gasteiger partial charge in [-0.2, -0.15) is 0 Å². The molecule has 2 heterocycles. The minimum atomic E-state index is 0.371. The Morgan fingerprint density at radius 1 is 1.37 bits per heavy atom. The van der Waals surface area contributed by atoms with Crippen molar-refractivity contribution in [2.45, 2.75) is 51.6 Å². The van der Waals surface area contributed by atoms with E-state index in [1.807, 2.05) is 13.2 Å². The van der Waals surface area contributed by atoms with Gasteiger partial charge < -0.3 is 5.32 Å². The first-order chi connectivity index (χ1) is 9.24. The van der Waals surface area contributed by atoms with E-state index in [0.717, 1.165) is 17.9 Å². The number of aromatic nitrogens is 2. The molecule has 0 radical (unpaired) electrons. The number of aryl methyl sites for hydroxylation is 1. The number of piperidine rings is 1. The third kappa shape index (κ3) is 3.51. The van der Waals surface area contributed by atoms with Crippen LogP contribution in [0.3, 0.4) is 0 Å². The molecule has 0 saturated carbocycles. The van der Waals surface area contributed by atoms with Gasteiger partial charge in [0.2, 0.25) is 0 Å². The fourth-order valence-corrected chi connectivity index (χ4v) is 3.14. The Morgan fingerprint density at radius 2 is 2.16 bits per heavy atom. The molecule has 1 aliphatic rings. The fraction of sp³-hybridized carbons (Fsp3) is 0.733. The molecule has 4 nitrogen and oxygen atoms in total. The molecule has 1 saturated heterocycles. The van der Waals surface area contributed by atoms with E-state index in [1.54, 1.807) is 6.20 Å². The maximum atomic E-state index is 4.55. The predicted octanol–water partition coefficient (Wildman–Crippen LogP) is 2.31. The summed E-state index contributed by atoms with van der Waals surface area (Å²) in [6.45, 7) is 6.61. The second-order valence-corrected chi connectivity index (χ2v) is 5.48. The molecule has 1 aromatic rings. The first-order valence-corrected chi connectivity index (χ1v) is 7.42. The average molecular weight is 262 g/mol. The van der Waals surface area contributed by atoms with Crippen LogP contribution in [0.5, 0.6) is 0 Å². The highest BCUT2D eigenvalue weighted by Crippen LogP contribution is 2.29. The zero-order valence-electron chi connectivity index (χ0n) is 12.4. The molecular formula is C15H26N4. The maximum absolute atomic E-state index is 4.55. The first kappa shape index (κ1) is 14.4. The lowest BCUT2D eigenvalue weighted by Gasteiger charge is -2.40. The molecule has 1 N–H and O–H groups in total. The van der Waals surface area contributed by atoms with E-state index in [4.69, 9.17) is 0 Å². The van der Waals surface area contributed by atoms with Crippen molar-refractivity contribution in [3.63, 3.8) is 0 Å². The predicted molar refractivity (Wildman–Crippen MR) is 78.1 cm³/mol. The van der Waals surface area contributed by atoms with Gasteiger partial charge in [-0.25, -0.2) is 0 Å². The lowest BCUT2D eigenvalue weighted by Crippen LogP contribution is -2.42. The average Bonchev–Trinajstić information content (AvgIpc) is 2.45. The molecule has 0 bridgehead atoms. The molecule has 0 amide bonds. The molecule has 0 aromatic carbocycles. The van der Waals surface area contributed by atoms with Crippen molar-refractivity contribution < 1.29 is 0 Å². The third-order valence-corrected chi connectivity index (χ3v) is 4.21. The van der Waals surface area contributed by atoms with Crippen LogP contribution in [0.2, 0.25) is 0 Å². The smallest absolute Gasteiger partial charge is 0.0784 e. The van der Waals surface area contributed by atoms with E-state index in [0.29, 0.717) is 12.1 Å². The summed E-state index contributed by atoms with van der Waals surface area (Å²) in [5, 5.41) is 3.27. The minimum absolute atomic E-state index is 0.371. The van der Waals surface area contributed by atoms with Crippen molar-refractivity contribution in [2.24, 2.45) is 0 Å². The van der Waals surface area contributed by atoms with Gasteiger partial charge in [0.05, 0.1) is 17.4 Å². The van der Waals surface area contributed by atoms with E-state index < -0.39 is 0 Å². The monoisotopic (exact) mass is 262 g/mol. The Balaban J connectivity index is 2.10. The topological polar surface area (TPSA) is 41.0 Å². The summed E-state index contributed by atoms with van der Waals surface area (Å²) in [7, 11) is 2.03. The number of likely N-dealkylation sites (tertiary alicyclic amines) is 1. The molecule has 4 heteroatoms. The van der Waals surface area contributed by atoms with E-state index >= 15 is 0 Å². The fourth-order valence-electron chi connectivity index (χ4n) is 3.14. The number of rotatable bonds is 5. The maximum Gasteiger partial charge on any atom is 0.0784 e. The van der Waals surface area contributed by atoms with Crippen LogP contribution in [0, 0.1) is 6.92 Å². The lowest BCUT2D eigenvalue weighted by molar-refractivity contribution is 0.0946. The molecule has 106 valence electrons. The van der Waals surface area contributed by atoms with E-state index in [9.17, 15) is 0 Å². The number of hydrogen-bond acceptors (Lipinski definition) is 4. The first-order valence-electron chi connectivity index (χ1n) is 7.42. The summed E-state index contributed by atoms with van der Waals surface area (Å²) < 4.78 is 0. The van der Waals surface area contributed by atoms with Gasteiger partial charge in [-0.3, -0.25) is 14.9 Å². The molecule has 0 spiro atoms.